The van der Waals surface area contributed by atoms with Crippen molar-refractivity contribution in [3.05, 3.63) is 191 Å². The number of hydrogen-bond acceptors (Lipinski definition) is 3. The molecule has 3 heteroatoms. The molecule has 3 aliphatic heterocycles. The first-order chi connectivity index (χ1) is 24.8. The van der Waals surface area contributed by atoms with Crippen LogP contribution < -0.4 is 15.1 Å². The minimum absolute atomic E-state index is 0.267. The lowest BCUT2D eigenvalue weighted by atomic mass is 9.70. The average Bonchev–Trinajstić information content (AvgIpc) is 3.70. The van der Waals surface area contributed by atoms with Crippen molar-refractivity contribution >= 4 is 22.6 Å². The highest BCUT2D eigenvalue weighted by molar-refractivity contribution is 5.91. The Kier molecular flexibility index (Phi) is 6.22. The van der Waals surface area contributed by atoms with Crippen molar-refractivity contribution in [3.63, 3.8) is 0 Å². The predicted molar refractivity (Wildman–Crippen MR) is 207 cm³/mol. The van der Waals surface area contributed by atoms with Crippen LogP contribution in [-0.2, 0) is 0 Å². The number of dihydropyridines is 1. The second-order valence-corrected chi connectivity index (χ2v) is 14.8. The molecule has 242 valence electrons. The van der Waals surface area contributed by atoms with Crippen LogP contribution in [0.3, 0.4) is 0 Å². The fourth-order valence-corrected chi connectivity index (χ4v) is 10.1. The van der Waals surface area contributed by atoms with Gasteiger partial charge in [0.15, 0.2) is 0 Å². The highest BCUT2D eigenvalue weighted by Gasteiger charge is 2.42. The van der Waals surface area contributed by atoms with Gasteiger partial charge in [0.05, 0.1) is 12.1 Å². The van der Waals surface area contributed by atoms with Gasteiger partial charge in [0.25, 0.3) is 0 Å². The minimum Gasteiger partial charge on any atom is -0.387 e. The lowest BCUT2D eigenvalue weighted by molar-refractivity contribution is 0.567. The zero-order valence-electron chi connectivity index (χ0n) is 28.0. The Morgan fingerprint density at radius 1 is 0.600 bits per heavy atom. The molecule has 6 unspecified atom stereocenters. The number of rotatable bonds is 3. The molecule has 11 rings (SSSR count). The van der Waals surface area contributed by atoms with Gasteiger partial charge in [0, 0.05) is 52.6 Å². The Hall–Kier alpha value is -5.54. The van der Waals surface area contributed by atoms with Gasteiger partial charge < -0.3 is 15.1 Å². The summed E-state index contributed by atoms with van der Waals surface area (Å²) in [4.78, 5) is 5.21. The van der Waals surface area contributed by atoms with Gasteiger partial charge in [0.1, 0.15) is 0 Å². The summed E-state index contributed by atoms with van der Waals surface area (Å²) in [5, 5.41) is 3.34. The van der Waals surface area contributed by atoms with Crippen molar-refractivity contribution in [2.45, 2.75) is 48.6 Å². The molecule has 4 aromatic rings. The number of benzene rings is 4. The van der Waals surface area contributed by atoms with E-state index in [-0.39, 0.29) is 6.04 Å². The Labute approximate surface area is 294 Å². The molecule has 0 aromatic heterocycles. The molecule has 0 amide bonds. The summed E-state index contributed by atoms with van der Waals surface area (Å²) < 4.78 is 0. The fourth-order valence-electron chi connectivity index (χ4n) is 10.1. The number of hydrogen-bond donors (Lipinski definition) is 1. The van der Waals surface area contributed by atoms with E-state index in [2.05, 4.69) is 173 Å². The Bertz CT molecular complexity index is 2290. The second kappa shape index (κ2) is 11.0. The van der Waals surface area contributed by atoms with Crippen LogP contribution in [0.1, 0.15) is 64.3 Å². The van der Waals surface area contributed by atoms with Crippen molar-refractivity contribution < 1.29 is 0 Å². The van der Waals surface area contributed by atoms with Gasteiger partial charge in [0.2, 0.25) is 0 Å². The summed E-state index contributed by atoms with van der Waals surface area (Å²) >= 11 is 0. The van der Waals surface area contributed by atoms with Gasteiger partial charge in [-0.25, -0.2) is 0 Å². The summed E-state index contributed by atoms with van der Waals surface area (Å²) in [6.45, 7) is 0.873. The summed E-state index contributed by atoms with van der Waals surface area (Å²) in [6, 6.07) is 33.4. The summed E-state index contributed by atoms with van der Waals surface area (Å²) in [5.41, 5.74) is 16.7. The van der Waals surface area contributed by atoms with E-state index in [1.807, 2.05) is 0 Å². The SMILES string of the molecule is C1=CC2c3ccccc3-c3cc(N4c5ccc(C6CC=C7c8ccccc8N(C8=CCNC=C8)C7C6)cc5C5C=CC=CC54)ccc3C2C=C1. The van der Waals surface area contributed by atoms with E-state index in [0.29, 0.717) is 29.7 Å². The van der Waals surface area contributed by atoms with Crippen LogP contribution in [0.2, 0.25) is 0 Å². The number of anilines is 3. The molecule has 3 nitrogen and oxygen atoms in total. The first-order valence-corrected chi connectivity index (χ1v) is 18.4. The molecule has 50 heavy (non-hydrogen) atoms. The molecule has 0 bridgehead atoms. The summed E-state index contributed by atoms with van der Waals surface area (Å²) in [7, 11) is 0. The van der Waals surface area contributed by atoms with E-state index in [9.17, 15) is 0 Å². The second-order valence-electron chi connectivity index (χ2n) is 14.8. The molecule has 7 aliphatic rings. The van der Waals surface area contributed by atoms with Crippen molar-refractivity contribution in [2.75, 3.05) is 16.3 Å². The van der Waals surface area contributed by atoms with Gasteiger partial charge in [-0.3, -0.25) is 0 Å². The quantitative estimate of drug-likeness (QED) is 0.239. The monoisotopic (exact) mass is 645 g/mol. The zero-order valence-corrected chi connectivity index (χ0v) is 28.0. The molecule has 1 N–H and O–H groups in total. The van der Waals surface area contributed by atoms with E-state index >= 15 is 0 Å². The smallest absolute Gasteiger partial charge is 0.0629 e. The molecular weight excluding hydrogens is 607 g/mol. The number of nitrogens with one attached hydrogen (secondary N) is 1. The van der Waals surface area contributed by atoms with Crippen LogP contribution in [0.5, 0.6) is 0 Å². The molecule has 0 radical (unpaired) electrons. The first kappa shape index (κ1) is 28.3. The molecular formula is C47H39N3. The number of allylic oxidation sites excluding steroid dienone is 8. The largest absolute Gasteiger partial charge is 0.387 e. The third-order valence-corrected chi connectivity index (χ3v) is 12.3. The van der Waals surface area contributed by atoms with Gasteiger partial charge in [-0.1, -0.05) is 115 Å². The highest BCUT2D eigenvalue weighted by Crippen LogP contribution is 2.54. The standard InChI is InChI=1S/C47H39N3/c1-2-11-36-34(9-1)35-10-3-4-12-37(35)42-29-33(19-21-38(36)42)50-45-16-8-6-14-40(45)43-27-30(18-22-46(43)50)31-17-20-41-39-13-5-7-15-44(39)49(47(41)28-31)32-23-25-48-26-24-32/h1-16,18-25,27,29,31,34,36,40,45,47-48H,17,26,28H2. The van der Waals surface area contributed by atoms with Gasteiger partial charge >= 0.3 is 0 Å². The summed E-state index contributed by atoms with van der Waals surface area (Å²) in [5.74, 6) is 1.59. The van der Waals surface area contributed by atoms with Crippen LogP contribution in [0.4, 0.5) is 17.1 Å². The van der Waals surface area contributed by atoms with Crippen molar-refractivity contribution in [2.24, 2.45) is 0 Å². The Morgan fingerprint density at radius 3 is 2.24 bits per heavy atom. The van der Waals surface area contributed by atoms with Crippen LogP contribution >= 0.6 is 0 Å². The van der Waals surface area contributed by atoms with Gasteiger partial charge in [-0.2, -0.15) is 0 Å². The fraction of sp³-hybridized carbons (Fsp3) is 0.191. The van der Waals surface area contributed by atoms with Crippen molar-refractivity contribution in [3.8, 4) is 11.1 Å². The lowest BCUT2D eigenvalue weighted by Gasteiger charge is -2.35. The normalized spacial score (nSPS) is 27.3. The molecule has 0 saturated carbocycles. The van der Waals surface area contributed by atoms with Crippen molar-refractivity contribution in [1.29, 1.82) is 0 Å². The number of nitrogens with zero attached hydrogens (tertiary/aromatic N) is 2. The van der Waals surface area contributed by atoms with Crippen molar-refractivity contribution in [1.82, 2.24) is 5.32 Å². The zero-order chi connectivity index (χ0) is 32.8. The van der Waals surface area contributed by atoms with E-state index in [1.165, 1.54) is 67.3 Å². The molecule has 6 atom stereocenters. The molecule has 0 spiro atoms. The molecule has 3 heterocycles. The minimum atomic E-state index is 0.267. The van der Waals surface area contributed by atoms with E-state index in [1.54, 1.807) is 0 Å². The topological polar surface area (TPSA) is 18.5 Å². The van der Waals surface area contributed by atoms with E-state index in [4.69, 9.17) is 0 Å². The van der Waals surface area contributed by atoms with Crippen LogP contribution in [0.15, 0.2) is 164 Å². The van der Waals surface area contributed by atoms with E-state index < -0.39 is 0 Å². The number of para-hydroxylation sites is 1. The maximum Gasteiger partial charge on any atom is 0.0629 e. The first-order valence-electron chi connectivity index (χ1n) is 18.4. The lowest BCUT2D eigenvalue weighted by Crippen LogP contribution is -2.34. The third-order valence-electron chi connectivity index (χ3n) is 12.3. The van der Waals surface area contributed by atoms with Gasteiger partial charge in [-0.05, 0) is 100 Å². The average molecular weight is 646 g/mol. The molecule has 0 fully saturated rings. The molecule has 4 aliphatic carbocycles. The van der Waals surface area contributed by atoms with Gasteiger partial charge in [-0.15, -0.1) is 0 Å². The van der Waals surface area contributed by atoms with Crippen LogP contribution in [0.25, 0.3) is 16.7 Å². The Morgan fingerprint density at radius 2 is 1.38 bits per heavy atom. The highest BCUT2D eigenvalue weighted by atomic mass is 15.2. The van der Waals surface area contributed by atoms with E-state index in [0.717, 1.165) is 19.4 Å². The van der Waals surface area contributed by atoms with Crippen LogP contribution in [0, 0.1) is 0 Å². The predicted octanol–water partition coefficient (Wildman–Crippen LogP) is 10.5. The third kappa shape index (κ3) is 4.10. The molecule has 0 saturated heterocycles. The van der Waals surface area contributed by atoms with Crippen LogP contribution in [-0.4, -0.2) is 18.6 Å². The Balaban J connectivity index is 0.966. The maximum absolute atomic E-state index is 3.34. The molecule has 4 aromatic carbocycles. The number of fused-ring (bicyclic) bond motifs is 12. The maximum atomic E-state index is 3.34. The summed E-state index contributed by atoms with van der Waals surface area (Å²) in [6.07, 6.45) is 29.9.